The molecule has 16 heavy (non-hydrogen) atoms. The molecule has 0 unspecified atom stereocenters. The molecule has 1 aliphatic rings. The number of halogens is 1. The first kappa shape index (κ1) is 11.6. The molecule has 1 heterocycles. The van der Waals surface area contributed by atoms with E-state index in [2.05, 4.69) is 21.2 Å². The third-order valence-electron chi connectivity index (χ3n) is 2.52. The van der Waals surface area contributed by atoms with Gasteiger partial charge in [-0.1, -0.05) is 22.0 Å². The summed E-state index contributed by atoms with van der Waals surface area (Å²) in [5, 5.41) is 12.1. The molecule has 1 aromatic rings. The molecular formula is C11H12BrNO3. The maximum Gasteiger partial charge on any atom is 0.335 e. The average Bonchev–Trinajstić information content (AvgIpc) is 2.17. The molecule has 4 nitrogen and oxygen atoms in total. The van der Waals surface area contributed by atoms with Gasteiger partial charge in [0, 0.05) is 11.0 Å². The number of aromatic carboxylic acids is 1. The number of carboxylic acids is 1. The summed E-state index contributed by atoms with van der Waals surface area (Å²) in [6, 6.07) is 5.48. The Labute approximate surface area is 102 Å². The van der Waals surface area contributed by atoms with Crippen molar-refractivity contribution in [3.8, 4) is 0 Å². The number of hydrogen-bond donors (Lipinski definition) is 2. The van der Waals surface area contributed by atoms with Gasteiger partial charge in [0.25, 0.3) is 0 Å². The molecule has 86 valence electrons. The van der Waals surface area contributed by atoms with Gasteiger partial charge in [-0.2, -0.15) is 0 Å². The third kappa shape index (κ3) is 2.61. The zero-order valence-electron chi connectivity index (χ0n) is 8.57. The van der Waals surface area contributed by atoms with Crippen LogP contribution in [0.2, 0.25) is 0 Å². The van der Waals surface area contributed by atoms with Crippen LogP contribution in [-0.4, -0.2) is 30.3 Å². The van der Waals surface area contributed by atoms with Crippen molar-refractivity contribution in [1.82, 2.24) is 5.32 Å². The van der Waals surface area contributed by atoms with Crippen LogP contribution >= 0.6 is 15.9 Å². The summed E-state index contributed by atoms with van der Waals surface area (Å²) in [4.78, 5) is 10.7. The molecule has 0 atom stereocenters. The Morgan fingerprint density at radius 1 is 1.56 bits per heavy atom. The molecule has 5 heteroatoms. The lowest BCUT2D eigenvalue weighted by Crippen LogP contribution is -2.45. The van der Waals surface area contributed by atoms with Crippen molar-refractivity contribution in [3.05, 3.63) is 33.8 Å². The molecular weight excluding hydrogens is 274 g/mol. The molecule has 0 bridgehead atoms. The molecule has 0 radical (unpaired) electrons. The lowest BCUT2D eigenvalue weighted by Gasteiger charge is -2.27. The second-order valence-electron chi connectivity index (χ2n) is 3.73. The Morgan fingerprint density at radius 3 is 2.81 bits per heavy atom. The summed E-state index contributed by atoms with van der Waals surface area (Å²) < 4.78 is 5.87. The highest BCUT2D eigenvalue weighted by molar-refractivity contribution is 9.10. The van der Waals surface area contributed by atoms with E-state index in [0.717, 1.165) is 23.2 Å². The number of carbonyl (C=O) groups is 1. The molecule has 1 fully saturated rings. The Bertz CT molecular complexity index is 404. The number of hydrogen-bond acceptors (Lipinski definition) is 3. The van der Waals surface area contributed by atoms with Gasteiger partial charge in [0.1, 0.15) is 0 Å². The van der Waals surface area contributed by atoms with Crippen molar-refractivity contribution in [2.24, 2.45) is 0 Å². The minimum Gasteiger partial charge on any atom is -0.478 e. The van der Waals surface area contributed by atoms with E-state index in [9.17, 15) is 4.79 Å². The van der Waals surface area contributed by atoms with Crippen LogP contribution in [0.5, 0.6) is 0 Å². The van der Waals surface area contributed by atoms with Gasteiger partial charge in [0.2, 0.25) is 0 Å². The van der Waals surface area contributed by atoms with Crippen molar-refractivity contribution in [1.29, 1.82) is 0 Å². The molecule has 0 amide bonds. The minimum absolute atomic E-state index is 0.294. The van der Waals surface area contributed by atoms with Crippen molar-refractivity contribution in [2.45, 2.75) is 12.6 Å². The topological polar surface area (TPSA) is 58.6 Å². The van der Waals surface area contributed by atoms with Gasteiger partial charge < -0.3 is 15.2 Å². The van der Waals surface area contributed by atoms with E-state index < -0.39 is 5.97 Å². The number of rotatable bonds is 4. The fourth-order valence-corrected chi connectivity index (χ4v) is 1.95. The van der Waals surface area contributed by atoms with E-state index in [1.165, 1.54) is 0 Å². The molecule has 1 aromatic carbocycles. The molecule has 1 aliphatic heterocycles. The van der Waals surface area contributed by atoms with Crippen LogP contribution in [0, 0.1) is 0 Å². The number of benzene rings is 1. The highest BCUT2D eigenvalue weighted by Crippen LogP contribution is 2.19. The van der Waals surface area contributed by atoms with E-state index >= 15 is 0 Å². The maximum absolute atomic E-state index is 10.7. The fraction of sp³-hybridized carbons (Fsp3) is 0.364. The Balaban J connectivity index is 2.00. The fourth-order valence-electron chi connectivity index (χ4n) is 1.43. The maximum atomic E-state index is 10.7. The van der Waals surface area contributed by atoms with Gasteiger partial charge in [-0.15, -0.1) is 0 Å². The van der Waals surface area contributed by atoms with Gasteiger partial charge in [-0.25, -0.2) is 4.79 Å². The minimum atomic E-state index is -0.910. The van der Waals surface area contributed by atoms with Gasteiger partial charge in [0.05, 0.1) is 24.8 Å². The molecule has 0 aromatic heterocycles. The normalized spacial score (nSPS) is 15.8. The van der Waals surface area contributed by atoms with Crippen molar-refractivity contribution >= 4 is 21.9 Å². The summed E-state index contributed by atoms with van der Waals surface area (Å²) in [5.41, 5.74) is 1.35. The largest absolute Gasteiger partial charge is 0.478 e. The van der Waals surface area contributed by atoms with Crippen LogP contribution in [0.3, 0.4) is 0 Å². The van der Waals surface area contributed by atoms with E-state index in [-0.39, 0.29) is 0 Å². The summed E-state index contributed by atoms with van der Waals surface area (Å²) in [7, 11) is 0. The Hall–Kier alpha value is -0.910. The van der Waals surface area contributed by atoms with E-state index in [4.69, 9.17) is 9.84 Å². The lowest BCUT2D eigenvalue weighted by molar-refractivity contribution is -0.00580. The van der Waals surface area contributed by atoms with Crippen LogP contribution in [-0.2, 0) is 11.3 Å². The molecule has 0 spiro atoms. The van der Waals surface area contributed by atoms with Gasteiger partial charge in [-0.3, -0.25) is 0 Å². The summed E-state index contributed by atoms with van der Waals surface area (Å²) in [5.74, 6) is -0.910. The van der Waals surface area contributed by atoms with Crippen molar-refractivity contribution in [3.63, 3.8) is 0 Å². The predicted molar refractivity (Wildman–Crippen MR) is 62.5 cm³/mol. The standard InChI is InChI=1S/C11H12BrNO3/c12-10-3-7(11(14)15)1-2-8(10)4-13-9-5-16-6-9/h1-3,9,13H,4-6H2,(H,14,15). The van der Waals surface area contributed by atoms with Crippen LogP contribution in [0.4, 0.5) is 0 Å². The number of nitrogens with one attached hydrogen (secondary N) is 1. The number of ether oxygens (including phenoxy) is 1. The van der Waals surface area contributed by atoms with Gasteiger partial charge >= 0.3 is 5.97 Å². The van der Waals surface area contributed by atoms with Crippen LogP contribution < -0.4 is 5.32 Å². The van der Waals surface area contributed by atoms with Crippen LogP contribution in [0.25, 0.3) is 0 Å². The van der Waals surface area contributed by atoms with Crippen molar-refractivity contribution in [2.75, 3.05) is 13.2 Å². The lowest BCUT2D eigenvalue weighted by atomic mass is 10.1. The van der Waals surface area contributed by atoms with Crippen LogP contribution in [0.15, 0.2) is 22.7 Å². The summed E-state index contributed by atoms with van der Waals surface area (Å²) in [6.07, 6.45) is 0. The Kier molecular flexibility index (Phi) is 3.58. The summed E-state index contributed by atoms with van der Waals surface area (Å²) >= 11 is 3.37. The van der Waals surface area contributed by atoms with E-state index in [0.29, 0.717) is 18.2 Å². The quantitative estimate of drug-likeness (QED) is 0.883. The highest BCUT2D eigenvalue weighted by atomic mass is 79.9. The molecule has 1 saturated heterocycles. The van der Waals surface area contributed by atoms with Gasteiger partial charge in [0.15, 0.2) is 0 Å². The zero-order chi connectivity index (χ0) is 11.5. The number of carboxylic acid groups (broad SMARTS) is 1. The molecule has 2 rings (SSSR count). The highest BCUT2D eigenvalue weighted by Gasteiger charge is 2.17. The average molecular weight is 286 g/mol. The molecule has 0 aliphatic carbocycles. The van der Waals surface area contributed by atoms with Gasteiger partial charge in [-0.05, 0) is 17.7 Å². The first-order valence-electron chi connectivity index (χ1n) is 4.99. The molecule has 2 N–H and O–H groups in total. The monoisotopic (exact) mass is 285 g/mol. The third-order valence-corrected chi connectivity index (χ3v) is 3.26. The second-order valence-corrected chi connectivity index (χ2v) is 4.58. The smallest absolute Gasteiger partial charge is 0.335 e. The van der Waals surface area contributed by atoms with Crippen molar-refractivity contribution < 1.29 is 14.6 Å². The predicted octanol–water partition coefficient (Wildman–Crippen LogP) is 1.64. The van der Waals surface area contributed by atoms with E-state index in [1.807, 2.05) is 6.07 Å². The van der Waals surface area contributed by atoms with Crippen LogP contribution in [0.1, 0.15) is 15.9 Å². The Morgan fingerprint density at radius 2 is 2.31 bits per heavy atom. The first-order valence-corrected chi connectivity index (χ1v) is 5.79. The SMILES string of the molecule is O=C(O)c1ccc(CNC2COC2)c(Br)c1. The molecule has 0 saturated carbocycles. The zero-order valence-corrected chi connectivity index (χ0v) is 10.2. The first-order chi connectivity index (χ1) is 7.66. The summed E-state index contributed by atoms with van der Waals surface area (Å²) in [6.45, 7) is 2.23. The van der Waals surface area contributed by atoms with E-state index in [1.54, 1.807) is 12.1 Å². The second kappa shape index (κ2) is 4.95.